The molecule has 1 aromatic rings. The van der Waals surface area contributed by atoms with Crippen LogP contribution in [0.2, 0.25) is 5.02 Å². The van der Waals surface area contributed by atoms with E-state index in [4.69, 9.17) is 11.6 Å². The van der Waals surface area contributed by atoms with Crippen LogP contribution in [0, 0.1) is 5.92 Å². The van der Waals surface area contributed by atoms with Gasteiger partial charge in [-0.2, -0.15) is 0 Å². The fraction of sp³-hybridized carbons (Fsp3) is 0.571. The van der Waals surface area contributed by atoms with E-state index in [0.29, 0.717) is 5.92 Å². The van der Waals surface area contributed by atoms with Gasteiger partial charge in [0.1, 0.15) is 0 Å². The number of hydrogen-bond acceptors (Lipinski definition) is 2. The SMILES string of the molecule is CC1(C)C(CO)CCCN1c1ccccc1Cl. The summed E-state index contributed by atoms with van der Waals surface area (Å²) < 4.78 is 0. The maximum Gasteiger partial charge on any atom is 0.0639 e. The fourth-order valence-corrected chi connectivity index (χ4v) is 3.01. The molecule has 0 spiro atoms. The van der Waals surface area contributed by atoms with Crippen molar-refractivity contribution in [3.05, 3.63) is 29.3 Å². The second-order valence-corrected chi connectivity index (χ2v) is 5.69. The van der Waals surface area contributed by atoms with Gasteiger partial charge in [0.15, 0.2) is 0 Å². The molecule has 2 nitrogen and oxygen atoms in total. The molecule has 0 saturated carbocycles. The van der Waals surface area contributed by atoms with E-state index in [-0.39, 0.29) is 12.1 Å². The van der Waals surface area contributed by atoms with Crippen molar-refractivity contribution in [2.24, 2.45) is 5.92 Å². The highest BCUT2D eigenvalue weighted by Gasteiger charge is 2.38. The number of benzene rings is 1. The Morgan fingerprint density at radius 1 is 1.41 bits per heavy atom. The van der Waals surface area contributed by atoms with Crippen LogP contribution < -0.4 is 4.90 Å². The lowest BCUT2D eigenvalue weighted by Gasteiger charge is -2.49. The summed E-state index contributed by atoms with van der Waals surface area (Å²) >= 11 is 6.27. The first-order valence-electron chi connectivity index (χ1n) is 6.20. The molecule has 1 aliphatic heterocycles. The number of piperidine rings is 1. The van der Waals surface area contributed by atoms with Gasteiger partial charge in [0, 0.05) is 24.6 Å². The van der Waals surface area contributed by atoms with Gasteiger partial charge in [-0.15, -0.1) is 0 Å². The van der Waals surface area contributed by atoms with Crippen molar-refractivity contribution >= 4 is 17.3 Å². The quantitative estimate of drug-likeness (QED) is 0.874. The summed E-state index contributed by atoms with van der Waals surface area (Å²) in [5.74, 6) is 0.313. The van der Waals surface area contributed by atoms with E-state index in [2.05, 4.69) is 24.8 Å². The van der Waals surface area contributed by atoms with Crippen molar-refractivity contribution in [1.29, 1.82) is 0 Å². The second kappa shape index (κ2) is 4.87. The second-order valence-electron chi connectivity index (χ2n) is 5.28. The average Bonchev–Trinajstić information content (AvgIpc) is 2.30. The van der Waals surface area contributed by atoms with Crippen LogP contribution in [-0.4, -0.2) is 23.8 Å². The van der Waals surface area contributed by atoms with Crippen molar-refractivity contribution in [3.63, 3.8) is 0 Å². The summed E-state index contributed by atoms with van der Waals surface area (Å²) in [6, 6.07) is 7.95. The fourth-order valence-electron chi connectivity index (χ4n) is 2.77. The van der Waals surface area contributed by atoms with Crippen LogP contribution in [0.4, 0.5) is 5.69 Å². The lowest BCUT2D eigenvalue weighted by Crippen LogP contribution is -2.54. The number of aliphatic hydroxyl groups is 1. The van der Waals surface area contributed by atoms with Crippen molar-refractivity contribution in [2.45, 2.75) is 32.2 Å². The number of aliphatic hydroxyl groups excluding tert-OH is 1. The Kier molecular flexibility index (Phi) is 3.64. The topological polar surface area (TPSA) is 23.5 Å². The summed E-state index contributed by atoms with van der Waals surface area (Å²) in [5, 5.41) is 10.3. The number of rotatable bonds is 2. The Labute approximate surface area is 108 Å². The summed E-state index contributed by atoms with van der Waals surface area (Å²) in [6.45, 7) is 5.63. The van der Waals surface area contributed by atoms with Gasteiger partial charge < -0.3 is 10.0 Å². The molecule has 3 heteroatoms. The number of halogens is 1. The molecule has 94 valence electrons. The van der Waals surface area contributed by atoms with Gasteiger partial charge in [0.25, 0.3) is 0 Å². The molecular weight excluding hydrogens is 234 g/mol. The average molecular weight is 254 g/mol. The molecule has 0 radical (unpaired) electrons. The van der Waals surface area contributed by atoms with Gasteiger partial charge in [0.05, 0.1) is 10.7 Å². The molecule has 0 aromatic heterocycles. The maximum absolute atomic E-state index is 9.50. The normalized spacial score (nSPS) is 23.8. The summed E-state index contributed by atoms with van der Waals surface area (Å²) in [5.41, 5.74) is 1.04. The van der Waals surface area contributed by atoms with Crippen LogP contribution in [0.15, 0.2) is 24.3 Å². The molecule has 2 rings (SSSR count). The van der Waals surface area contributed by atoms with Crippen molar-refractivity contribution in [3.8, 4) is 0 Å². The third-order valence-electron chi connectivity index (χ3n) is 3.99. The van der Waals surface area contributed by atoms with Crippen molar-refractivity contribution in [2.75, 3.05) is 18.1 Å². The highest BCUT2D eigenvalue weighted by atomic mass is 35.5. The number of para-hydroxylation sites is 1. The first-order chi connectivity index (χ1) is 8.07. The third kappa shape index (κ3) is 2.29. The number of hydrogen-bond donors (Lipinski definition) is 1. The summed E-state index contributed by atoms with van der Waals surface area (Å²) in [4.78, 5) is 2.33. The van der Waals surface area contributed by atoms with Gasteiger partial charge in [-0.3, -0.25) is 0 Å². The highest BCUT2D eigenvalue weighted by Crippen LogP contribution is 2.39. The van der Waals surface area contributed by atoms with E-state index in [0.717, 1.165) is 30.1 Å². The number of nitrogens with zero attached hydrogens (tertiary/aromatic N) is 1. The predicted octanol–water partition coefficient (Wildman–Crippen LogP) is 3.33. The molecule has 17 heavy (non-hydrogen) atoms. The Bertz CT molecular complexity index is 392. The zero-order valence-corrected chi connectivity index (χ0v) is 11.2. The Hall–Kier alpha value is -0.730. The molecule has 1 saturated heterocycles. The van der Waals surface area contributed by atoms with E-state index in [1.165, 1.54) is 0 Å². The zero-order valence-electron chi connectivity index (χ0n) is 10.5. The molecule has 0 bridgehead atoms. The highest BCUT2D eigenvalue weighted by molar-refractivity contribution is 6.33. The van der Waals surface area contributed by atoms with Gasteiger partial charge in [-0.05, 0) is 38.8 Å². The minimum Gasteiger partial charge on any atom is -0.396 e. The first-order valence-corrected chi connectivity index (χ1v) is 6.58. The van der Waals surface area contributed by atoms with Gasteiger partial charge in [0.2, 0.25) is 0 Å². The molecule has 1 fully saturated rings. The van der Waals surface area contributed by atoms with Crippen LogP contribution in [0.25, 0.3) is 0 Å². The zero-order chi connectivity index (χ0) is 12.5. The van der Waals surface area contributed by atoms with E-state index in [9.17, 15) is 5.11 Å². The molecule has 1 aromatic carbocycles. The van der Waals surface area contributed by atoms with Crippen LogP contribution in [-0.2, 0) is 0 Å². The molecule has 0 aliphatic carbocycles. The smallest absolute Gasteiger partial charge is 0.0639 e. The van der Waals surface area contributed by atoms with Crippen LogP contribution in [0.3, 0.4) is 0 Å². The largest absolute Gasteiger partial charge is 0.396 e. The van der Waals surface area contributed by atoms with Crippen molar-refractivity contribution in [1.82, 2.24) is 0 Å². The molecule has 1 heterocycles. The lowest BCUT2D eigenvalue weighted by atomic mass is 9.79. The minimum absolute atomic E-state index is 0.0437. The van der Waals surface area contributed by atoms with Gasteiger partial charge >= 0.3 is 0 Å². The van der Waals surface area contributed by atoms with Crippen molar-refractivity contribution < 1.29 is 5.11 Å². The first kappa shape index (κ1) is 12.7. The lowest BCUT2D eigenvalue weighted by molar-refractivity contribution is 0.136. The van der Waals surface area contributed by atoms with Gasteiger partial charge in [-0.1, -0.05) is 23.7 Å². The molecule has 1 unspecified atom stereocenters. The van der Waals surface area contributed by atoms with E-state index >= 15 is 0 Å². The minimum atomic E-state index is -0.0437. The van der Waals surface area contributed by atoms with Crippen LogP contribution in [0.1, 0.15) is 26.7 Å². The number of anilines is 1. The van der Waals surface area contributed by atoms with Crippen LogP contribution >= 0.6 is 11.6 Å². The van der Waals surface area contributed by atoms with E-state index in [1.807, 2.05) is 18.2 Å². The molecule has 1 aliphatic rings. The Morgan fingerprint density at radius 3 is 2.76 bits per heavy atom. The Morgan fingerprint density at radius 2 is 2.12 bits per heavy atom. The molecule has 1 atom stereocenters. The monoisotopic (exact) mass is 253 g/mol. The standard InChI is InChI=1S/C14H20ClNO/c1-14(2)11(10-17)6-5-9-16(14)13-8-4-3-7-12(13)15/h3-4,7-8,11,17H,5-6,9-10H2,1-2H3. The molecule has 1 N–H and O–H groups in total. The van der Waals surface area contributed by atoms with Crippen LogP contribution in [0.5, 0.6) is 0 Å². The van der Waals surface area contributed by atoms with E-state index in [1.54, 1.807) is 0 Å². The van der Waals surface area contributed by atoms with Gasteiger partial charge in [-0.25, -0.2) is 0 Å². The Balaban J connectivity index is 2.34. The van der Waals surface area contributed by atoms with E-state index < -0.39 is 0 Å². The molecule has 0 amide bonds. The summed E-state index contributed by atoms with van der Waals surface area (Å²) in [6.07, 6.45) is 2.20. The predicted molar refractivity (Wildman–Crippen MR) is 72.7 cm³/mol. The molecular formula is C14H20ClNO. The third-order valence-corrected chi connectivity index (χ3v) is 4.31. The summed E-state index contributed by atoms with van der Waals surface area (Å²) in [7, 11) is 0. The maximum atomic E-state index is 9.50.